The number of hydrogen-bond donors (Lipinski definition) is 1. The summed E-state index contributed by atoms with van der Waals surface area (Å²) >= 11 is 11.7. The highest BCUT2D eigenvalue weighted by Crippen LogP contribution is 2.27. The van der Waals surface area contributed by atoms with Crippen molar-refractivity contribution in [2.24, 2.45) is 0 Å². The van der Waals surface area contributed by atoms with Gasteiger partial charge in [0.1, 0.15) is 0 Å². The minimum Gasteiger partial charge on any atom is -0.324 e. The lowest BCUT2D eigenvalue weighted by Gasteiger charge is -2.08. The summed E-state index contributed by atoms with van der Waals surface area (Å²) < 4.78 is 0. The fourth-order valence-electron chi connectivity index (χ4n) is 1.95. The van der Waals surface area contributed by atoms with Gasteiger partial charge in [0, 0.05) is 16.7 Å². The Morgan fingerprint density at radius 3 is 2.38 bits per heavy atom. The molecule has 0 heterocycles. The second-order valence-electron chi connectivity index (χ2n) is 4.68. The van der Waals surface area contributed by atoms with Crippen LogP contribution in [0.1, 0.15) is 5.56 Å². The first-order valence-electron chi connectivity index (χ1n) is 6.44. The van der Waals surface area contributed by atoms with Crippen LogP contribution in [0.5, 0.6) is 0 Å². The largest absolute Gasteiger partial charge is 0.324 e. The van der Waals surface area contributed by atoms with Crippen LogP contribution in [0, 0.1) is 20.2 Å². The number of carbonyl (C=O) groups is 1. The number of carbonyl (C=O) groups excluding carboxylic acids is 1. The average molecular weight is 370 g/mol. The van der Waals surface area contributed by atoms with Crippen LogP contribution in [-0.2, 0) is 11.2 Å². The van der Waals surface area contributed by atoms with E-state index >= 15 is 0 Å². The van der Waals surface area contributed by atoms with E-state index < -0.39 is 27.1 Å². The maximum atomic E-state index is 12.1. The fourth-order valence-corrected chi connectivity index (χ4v) is 2.28. The molecule has 2 aromatic carbocycles. The molecule has 0 spiro atoms. The number of non-ortho nitro benzene ring substituents is 1. The van der Waals surface area contributed by atoms with Crippen molar-refractivity contribution in [3.05, 3.63) is 72.2 Å². The summed E-state index contributed by atoms with van der Waals surface area (Å²) in [6, 6.07) is 7.56. The normalized spacial score (nSPS) is 10.2. The predicted molar refractivity (Wildman–Crippen MR) is 88.5 cm³/mol. The van der Waals surface area contributed by atoms with Gasteiger partial charge in [-0.25, -0.2) is 0 Å². The molecule has 1 N–H and O–H groups in total. The van der Waals surface area contributed by atoms with Gasteiger partial charge in [0.15, 0.2) is 0 Å². The van der Waals surface area contributed by atoms with Gasteiger partial charge >= 0.3 is 0 Å². The summed E-state index contributed by atoms with van der Waals surface area (Å²) in [5.41, 5.74) is -0.625. The molecule has 0 saturated carbocycles. The number of amides is 1. The van der Waals surface area contributed by atoms with Gasteiger partial charge in [0.05, 0.1) is 33.0 Å². The van der Waals surface area contributed by atoms with Gasteiger partial charge in [-0.3, -0.25) is 25.0 Å². The summed E-state index contributed by atoms with van der Waals surface area (Å²) in [5.74, 6) is -0.573. The van der Waals surface area contributed by atoms with Crippen molar-refractivity contribution < 1.29 is 14.6 Å². The van der Waals surface area contributed by atoms with E-state index in [-0.39, 0.29) is 22.7 Å². The van der Waals surface area contributed by atoms with Crippen LogP contribution in [0.15, 0.2) is 36.4 Å². The monoisotopic (exact) mass is 369 g/mol. The van der Waals surface area contributed by atoms with Crippen LogP contribution in [0.2, 0.25) is 10.0 Å². The smallest absolute Gasteiger partial charge is 0.279 e. The predicted octanol–water partition coefficient (Wildman–Crippen LogP) is 3.99. The zero-order valence-electron chi connectivity index (χ0n) is 11.9. The molecule has 10 heteroatoms. The number of nitrogens with one attached hydrogen (secondary N) is 1. The molecule has 0 aliphatic rings. The Labute approximate surface area is 145 Å². The Balaban J connectivity index is 2.24. The first-order chi connectivity index (χ1) is 11.3. The van der Waals surface area contributed by atoms with Crippen molar-refractivity contribution in [2.45, 2.75) is 6.42 Å². The lowest BCUT2D eigenvalue weighted by molar-refractivity contribution is -0.394. The van der Waals surface area contributed by atoms with Crippen molar-refractivity contribution in [2.75, 3.05) is 5.32 Å². The molecule has 0 fully saturated rings. The first kappa shape index (κ1) is 17.6. The quantitative estimate of drug-likeness (QED) is 0.631. The zero-order chi connectivity index (χ0) is 17.9. The van der Waals surface area contributed by atoms with Crippen LogP contribution < -0.4 is 5.32 Å². The second-order valence-corrected chi connectivity index (χ2v) is 5.52. The molecule has 2 rings (SSSR count). The van der Waals surface area contributed by atoms with E-state index in [1.165, 1.54) is 18.2 Å². The number of nitrogens with zero attached hydrogens (tertiary/aromatic N) is 2. The average Bonchev–Trinajstić information content (AvgIpc) is 2.50. The molecule has 0 unspecified atom stereocenters. The molecule has 2 aromatic rings. The fraction of sp³-hybridized carbons (Fsp3) is 0.0714. The Kier molecular flexibility index (Phi) is 5.32. The number of nitro groups is 2. The lowest BCUT2D eigenvalue weighted by atomic mass is 10.1. The minimum absolute atomic E-state index is 0.0428. The van der Waals surface area contributed by atoms with Gasteiger partial charge in [-0.1, -0.05) is 23.2 Å². The molecular weight excluding hydrogens is 361 g/mol. The van der Waals surface area contributed by atoms with E-state index in [1.54, 1.807) is 6.07 Å². The van der Waals surface area contributed by atoms with Crippen LogP contribution in [-0.4, -0.2) is 15.8 Å². The topological polar surface area (TPSA) is 115 Å². The summed E-state index contributed by atoms with van der Waals surface area (Å²) in [6.45, 7) is 0. The standard InChI is InChI=1S/C14H9Cl2N3O5/c15-9-2-4-11(16)12(6-9)17-14(20)5-8-1-3-10(18(21)22)7-13(8)19(23)24/h1-4,6-7H,5H2,(H,17,20). The maximum Gasteiger partial charge on any atom is 0.279 e. The molecule has 0 aliphatic carbocycles. The van der Waals surface area contributed by atoms with Gasteiger partial charge < -0.3 is 5.32 Å². The summed E-state index contributed by atoms with van der Waals surface area (Å²) in [7, 11) is 0. The van der Waals surface area contributed by atoms with Gasteiger partial charge in [0.2, 0.25) is 5.91 Å². The van der Waals surface area contributed by atoms with Crippen LogP contribution in [0.4, 0.5) is 17.1 Å². The molecule has 24 heavy (non-hydrogen) atoms. The van der Waals surface area contributed by atoms with Crippen LogP contribution in [0.3, 0.4) is 0 Å². The molecule has 0 aromatic heterocycles. The van der Waals surface area contributed by atoms with Gasteiger partial charge in [-0.05, 0) is 24.3 Å². The SMILES string of the molecule is O=C(Cc1ccc([N+](=O)[O-])cc1[N+](=O)[O-])Nc1cc(Cl)ccc1Cl. The molecule has 0 atom stereocenters. The highest BCUT2D eigenvalue weighted by molar-refractivity contribution is 6.35. The van der Waals surface area contributed by atoms with Gasteiger partial charge in [-0.2, -0.15) is 0 Å². The highest BCUT2D eigenvalue weighted by atomic mass is 35.5. The Bertz CT molecular complexity index is 841. The number of rotatable bonds is 5. The van der Waals surface area contributed by atoms with E-state index in [4.69, 9.17) is 23.2 Å². The van der Waals surface area contributed by atoms with Crippen molar-refractivity contribution in [3.8, 4) is 0 Å². The summed E-state index contributed by atoms with van der Waals surface area (Å²) in [5, 5.41) is 24.8. The van der Waals surface area contributed by atoms with Crippen molar-refractivity contribution in [1.82, 2.24) is 0 Å². The highest BCUT2D eigenvalue weighted by Gasteiger charge is 2.21. The Morgan fingerprint density at radius 1 is 1.04 bits per heavy atom. The zero-order valence-corrected chi connectivity index (χ0v) is 13.4. The molecule has 0 saturated heterocycles. The molecule has 0 radical (unpaired) electrons. The number of benzene rings is 2. The first-order valence-corrected chi connectivity index (χ1v) is 7.20. The lowest BCUT2D eigenvalue weighted by Crippen LogP contribution is -2.15. The minimum atomic E-state index is -0.776. The van der Waals surface area contributed by atoms with Gasteiger partial charge in [-0.15, -0.1) is 0 Å². The molecule has 0 bridgehead atoms. The van der Waals surface area contributed by atoms with E-state index in [0.717, 1.165) is 12.1 Å². The molecular formula is C14H9Cl2N3O5. The molecule has 1 amide bonds. The number of hydrogen-bond acceptors (Lipinski definition) is 5. The van der Waals surface area contributed by atoms with E-state index in [9.17, 15) is 25.0 Å². The third-order valence-electron chi connectivity index (χ3n) is 3.03. The molecule has 124 valence electrons. The van der Waals surface area contributed by atoms with E-state index in [0.29, 0.717) is 5.02 Å². The molecule has 0 aliphatic heterocycles. The van der Waals surface area contributed by atoms with Gasteiger partial charge in [0.25, 0.3) is 11.4 Å². The van der Waals surface area contributed by atoms with E-state index in [1.807, 2.05) is 0 Å². The number of nitro benzene ring substituents is 2. The Morgan fingerprint density at radius 2 is 1.75 bits per heavy atom. The number of anilines is 1. The van der Waals surface area contributed by atoms with Crippen molar-refractivity contribution in [3.63, 3.8) is 0 Å². The Hall–Kier alpha value is -2.71. The third kappa shape index (κ3) is 4.18. The van der Waals surface area contributed by atoms with Crippen molar-refractivity contribution >= 4 is 46.2 Å². The van der Waals surface area contributed by atoms with E-state index in [2.05, 4.69) is 5.32 Å². The van der Waals surface area contributed by atoms with Crippen LogP contribution in [0.25, 0.3) is 0 Å². The molecule has 8 nitrogen and oxygen atoms in total. The summed E-state index contributed by atoms with van der Waals surface area (Å²) in [4.78, 5) is 32.3. The summed E-state index contributed by atoms with van der Waals surface area (Å²) in [6.07, 6.45) is -0.350. The number of halogens is 2. The van der Waals surface area contributed by atoms with Crippen LogP contribution >= 0.6 is 23.2 Å². The maximum absolute atomic E-state index is 12.1. The second kappa shape index (κ2) is 7.24. The third-order valence-corrected chi connectivity index (χ3v) is 3.59. The van der Waals surface area contributed by atoms with Crippen molar-refractivity contribution in [1.29, 1.82) is 0 Å².